The van der Waals surface area contributed by atoms with E-state index in [0.717, 1.165) is 0 Å². The number of hydrogen-bond donors (Lipinski definition) is 1. The molecule has 2 rings (SSSR count). The van der Waals surface area contributed by atoms with Gasteiger partial charge in [-0.3, -0.25) is 4.79 Å². The lowest BCUT2D eigenvalue weighted by Crippen LogP contribution is -2.36. The van der Waals surface area contributed by atoms with Gasteiger partial charge in [0.1, 0.15) is 11.6 Å². The third kappa shape index (κ3) is 2.14. The summed E-state index contributed by atoms with van der Waals surface area (Å²) in [6.45, 7) is 1.18. The van der Waals surface area contributed by atoms with E-state index in [0.29, 0.717) is 30.9 Å². The van der Waals surface area contributed by atoms with E-state index in [4.69, 9.17) is 10.5 Å². The van der Waals surface area contributed by atoms with Crippen LogP contribution < -0.4 is 10.5 Å². The number of ether oxygens (including phenoxy) is 1. The van der Waals surface area contributed by atoms with Crippen LogP contribution in [0.2, 0.25) is 0 Å². The predicted octanol–water partition coefficient (Wildman–Crippen LogP) is 0.505. The lowest BCUT2D eigenvalue weighted by atomic mass is 10.2. The molecule has 0 bridgehead atoms. The summed E-state index contributed by atoms with van der Waals surface area (Å²) < 4.78 is 18.3. The minimum absolute atomic E-state index is 0.0152. The fourth-order valence-corrected chi connectivity index (χ4v) is 1.70. The SMILES string of the molecule is NCCN1Cc2cc(F)ccc2OCC1=O. The zero-order chi connectivity index (χ0) is 11.5. The van der Waals surface area contributed by atoms with E-state index >= 15 is 0 Å². The van der Waals surface area contributed by atoms with Gasteiger partial charge in [0.25, 0.3) is 5.91 Å². The highest BCUT2D eigenvalue weighted by Gasteiger charge is 2.20. The number of halogens is 1. The summed E-state index contributed by atoms with van der Waals surface area (Å²) in [5.74, 6) is 0.112. The second kappa shape index (κ2) is 4.49. The molecule has 0 saturated heterocycles. The van der Waals surface area contributed by atoms with Crippen molar-refractivity contribution in [2.24, 2.45) is 5.73 Å². The monoisotopic (exact) mass is 224 g/mol. The first-order chi connectivity index (χ1) is 7.70. The van der Waals surface area contributed by atoms with E-state index in [1.54, 1.807) is 11.0 Å². The molecule has 0 atom stereocenters. The lowest BCUT2D eigenvalue weighted by molar-refractivity contribution is -0.133. The van der Waals surface area contributed by atoms with E-state index in [9.17, 15) is 9.18 Å². The van der Waals surface area contributed by atoms with E-state index in [1.165, 1.54) is 12.1 Å². The number of fused-ring (bicyclic) bond motifs is 1. The minimum Gasteiger partial charge on any atom is -0.483 e. The molecule has 0 unspecified atom stereocenters. The van der Waals surface area contributed by atoms with Gasteiger partial charge in [0, 0.05) is 25.2 Å². The molecule has 1 aliphatic rings. The number of amides is 1. The zero-order valence-electron chi connectivity index (χ0n) is 8.78. The summed E-state index contributed by atoms with van der Waals surface area (Å²) in [6, 6.07) is 4.25. The Morgan fingerprint density at radius 3 is 3.06 bits per heavy atom. The number of nitrogens with two attached hydrogens (primary N) is 1. The molecule has 16 heavy (non-hydrogen) atoms. The van der Waals surface area contributed by atoms with Gasteiger partial charge >= 0.3 is 0 Å². The van der Waals surface area contributed by atoms with Crippen molar-refractivity contribution >= 4 is 5.91 Å². The van der Waals surface area contributed by atoms with Crippen molar-refractivity contribution in [1.29, 1.82) is 0 Å². The summed E-state index contributed by atoms with van der Waals surface area (Å²) in [7, 11) is 0. The normalized spacial score (nSPS) is 15.4. The number of carbonyl (C=O) groups excluding carboxylic acids is 1. The smallest absolute Gasteiger partial charge is 0.260 e. The van der Waals surface area contributed by atoms with Crippen LogP contribution in [-0.4, -0.2) is 30.5 Å². The van der Waals surface area contributed by atoms with Crippen molar-refractivity contribution in [2.45, 2.75) is 6.54 Å². The van der Waals surface area contributed by atoms with Crippen LogP contribution in [-0.2, 0) is 11.3 Å². The van der Waals surface area contributed by atoms with Gasteiger partial charge < -0.3 is 15.4 Å². The number of hydrogen-bond acceptors (Lipinski definition) is 3. The first-order valence-corrected chi connectivity index (χ1v) is 5.10. The Balaban J connectivity index is 2.28. The average Bonchev–Trinajstić information content (AvgIpc) is 2.40. The van der Waals surface area contributed by atoms with Crippen LogP contribution in [0.4, 0.5) is 4.39 Å². The summed E-state index contributed by atoms with van der Waals surface area (Å²) >= 11 is 0. The quantitative estimate of drug-likeness (QED) is 0.796. The van der Waals surface area contributed by atoms with Gasteiger partial charge in [-0.2, -0.15) is 0 Å². The molecule has 0 aliphatic carbocycles. The average molecular weight is 224 g/mol. The standard InChI is InChI=1S/C11H13FN2O2/c12-9-1-2-10-8(5-9)6-14(4-3-13)11(15)7-16-10/h1-2,5H,3-4,6-7,13H2. The molecule has 5 heteroatoms. The van der Waals surface area contributed by atoms with Gasteiger partial charge in [0.05, 0.1) is 0 Å². The molecule has 0 fully saturated rings. The van der Waals surface area contributed by atoms with Gasteiger partial charge in [-0.05, 0) is 18.2 Å². The minimum atomic E-state index is -0.329. The Bertz CT molecular complexity index is 409. The molecule has 1 aliphatic heterocycles. The van der Waals surface area contributed by atoms with Gasteiger partial charge in [-0.25, -0.2) is 4.39 Å². The van der Waals surface area contributed by atoms with Gasteiger partial charge in [0.15, 0.2) is 6.61 Å². The Kier molecular flexibility index (Phi) is 3.05. The molecule has 0 saturated carbocycles. The van der Waals surface area contributed by atoms with Crippen molar-refractivity contribution in [2.75, 3.05) is 19.7 Å². The van der Waals surface area contributed by atoms with Gasteiger partial charge in [-0.15, -0.1) is 0 Å². The van der Waals surface area contributed by atoms with E-state index in [1.807, 2.05) is 0 Å². The van der Waals surface area contributed by atoms with Crippen molar-refractivity contribution in [3.05, 3.63) is 29.6 Å². The fourth-order valence-electron chi connectivity index (χ4n) is 1.70. The molecular formula is C11H13FN2O2. The fraction of sp³-hybridized carbons (Fsp3) is 0.364. The first kappa shape index (κ1) is 10.9. The van der Waals surface area contributed by atoms with Crippen molar-refractivity contribution in [3.8, 4) is 5.75 Å². The van der Waals surface area contributed by atoms with Crippen LogP contribution in [0.5, 0.6) is 5.75 Å². The summed E-state index contributed by atoms with van der Waals surface area (Å²) in [6.07, 6.45) is 0. The summed E-state index contributed by atoms with van der Waals surface area (Å²) in [4.78, 5) is 13.2. The first-order valence-electron chi connectivity index (χ1n) is 5.10. The topological polar surface area (TPSA) is 55.6 Å². The number of nitrogens with zero attached hydrogens (tertiary/aromatic N) is 1. The highest BCUT2D eigenvalue weighted by molar-refractivity contribution is 5.78. The second-order valence-corrected chi connectivity index (χ2v) is 3.64. The Morgan fingerprint density at radius 1 is 1.50 bits per heavy atom. The van der Waals surface area contributed by atoms with E-state index < -0.39 is 0 Å². The number of benzene rings is 1. The van der Waals surface area contributed by atoms with Crippen LogP contribution >= 0.6 is 0 Å². The van der Waals surface area contributed by atoms with Crippen molar-refractivity contribution < 1.29 is 13.9 Å². The maximum Gasteiger partial charge on any atom is 0.260 e. The molecule has 0 aromatic heterocycles. The highest BCUT2D eigenvalue weighted by Crippen LogP contribution is 2.23. The predicted molar refractivity (Wildman–Crippen MR) is 56.4 cm³/mol. The van der Waals surface area contributed by atoms with Crippen molar-refractivity contribution in [3.63, 3.8) is 0 Å². The number of carbonyl (C=O) groups is 1. The van der Waals surface area contributed by atoms with Crippen LogP contribution in [0.15, 0.2) is 18.2 Å². The zero-order valence-corrected chi connectivity index (χ0v) is 8.78. The lowest BCUT2D eigenvalue weighted by Gasteiger charge is -2.18. The number of rotatable bonds is 2. The van der Waals surface area contributed by atoms with E-state index in [2.05, 4.69) is 0 Å². The molecule has 1 aromatic rings. The van der Waals surface area contributed by atoms with Gasteiger partial charge in [0.2, 0.25) is 0 Å². The third-order valence-electron chi connectivity index (χ3n) is 2.49. The Labute approximate surface area is 92.8 Å². The molecule has 0 radical (unpaired) electrons. The maximum absolute atomic E-state index is 13.1. The van der Waals surface area contributed by atoms with E-state index in [-0.39, 0.29) is 18.3 Å². The molecule has 86 valence electrons. The molecule has 1 amide bonds. The van der Waals surface area contributed by atoms with Crippen LogP contribution in [0.25, 0.3) is 0 Å². The summed E-state index contributed by atoms with van der Waals surface area (Å²) in [5.41, 5.74) is 6.09. The Morgan fingerprint density at radius 2 is 2.31 bits per heavy atom. The van der Waals surface area contributed by atoms with Crippen LogP contribution in [0, 0.1) is 5.82 Å². The molecule has 1 heterocycles. The highest BCUT2D eigenvalue weighted by atomic mass is 19.1. The molecule has 2 N–H and O–H groups in total. The Hall–Kier alpha value is -1.62. The van der Waals surface area contributed by atoms with Crippen molar-refractivity contribution in [1.82, 2.24) is 4.90 Å². The maximum atomic E-state index is 13.1. The molecule has 1 aromatic carbocycles. The van der Waals surface area contributed by atoms with Crippen LogP contribution in [0.1, 0.15) is 5.56 Å². The largest absolute Gasteiger partial charge is 0.483 e. The third-order valence-corrected chi connectivity index (χ3v) is 2.49. The molecular weight excluding hydrogens is 211 g/mol. The molecule has 0 spiro atoms. The van der Waals surface area contributed by atoms with Crippen LogP contribution in [0.3, 0.4) is 0 Å². The summed E-state index contributed by atoms with van der Waals surface area (Å²) in [5, 5.41) is 0. The molecule has 4 nitrogen and oxygen atoms in total. The second-order valence-electron chi connectivity index (χ2n) is 3.64. The van der Waals surface area contributed by atoms with Gasteiger partial charge in [-0.1, -0.05) is 0 Å².